The number of carboxylic acids is 1. The molecule has 8 heteroatoms. The molecule has 0 saturated carbocycles. The van der Waals surface area contributed by atoms with Gasteiger partial charge >= 0.3 is 5.97 Å². The van der Waals surface area contributed by atoms with Gasteiger partial charge in [0.05, 0.1) is 10.6 Å². The zero-order valence-corrected chi connectivity index (χ0v) is 12.4. The first kappa shape index (κ1) is 16.4. The number of rotatable bonds is 5. The van der Waals surface area contributed by atoms with Crippen LogP contribution in [0.5, 0.6) is 0 Å². The Kier molecular flexibility index (Phi) is 5.11. The Labute approximate surface area is 122 Å². The summed E-state index contributed by atoms with van der Waals surface area (Å²) in [4.78, 5) is 10.7. The van der Waals surface area contributed by atoms with Gasteiger partial charge in [-0.05, 0) is 18.1 Å². The lowest BCUT2D eigenvalue weighted by Crippen LogP contribution is -2.44. The predicted octanol–water partition coefficient (Wildman–Crippen LogP) is 1.60. The average Bonchev–Trinajstić information content (AvgIpc) is 2.35. The normalized spacial score (nSPS) is 12.9. The molecule has 0 amide bonds. The van der Waals surface area contributed by atoms with Gasteiger partial charge in [0.1, 0.15) is 17.0 Å². The highest BCUT2D eigenvalue weighted by Gasteiger charge is 2.29. The number of halogens is 1. The van der Waals surface area contributed by atoms with E-state index in [9.17, 15) is 13.2 Å². The molecule has 6 nitrogen and oxygen atoms in total. The minimum atomic E-state index is -4.15. The fourth-order valence-electron chi connectivity index (χ4n) is 1.54. The molecule has 1 rings (SSSR count). The van der Waals surface area contributed by atoms with Gasteiger partial charge in [-0.1, -0.05) is 31.5 Å². The molecule has 1 aromatic rings. The standard InChI is InChI=1S/C12H13ClN2O4S/c1-7(2)11(12(16)17)15-20(18,19)10-5-3-4-9(13)8(10)6-14/h3-5,7,11,15H,1-2H3,(H,16,17). The predicted molar refractivity (Wildman–Crippen MR) is 72.8 cm³/mol. The number of nitriles is 1. The van der Waals surface area contributed by atoms with Crippen molar-refractivity contribution in [2.75, 3.05) is 0 Å². The molecule has 0 bridgehead atoms. The second-order valence-electron chi connectivity index (χ2n) is 4.41. The van der Waals surface area contributed by atoms with Gasteiger partial charge in [-0.3, -0.25) is 4.79 Å². The molecule has 0 aromatic heterocycles. The quantitative estimate of drug-likeness (QED) is 0.858. The number of nitrogens with zero attached hydrogens (tertiary/aromatic N) is 1. The SMILES string of the molecule is CC(C)C(NS(=O)(=O)c1cccc(Cl)c1C#N)C(=O)O. The van der Waals surface area contributed by atoms with E-state index in [1.165, 1.54) is 18.2 Å². The Bertz CT molecular complexity index is 665. The van der Waals surface area contributed by atoms with Gasteiger partial charge in [0.15, 0.2) is 0 Å². The summed E-state index contributed by atoms with van der Waals surface area (Å²) in [7, 11) is -4.15. The van der Waals surface area contributed by atoms with E-state index in [-0.39, 0.29) is 15.5 Å². The molecule has 0 heterocycles. The molecule has 0 spiro atoms. The molecule has 0 aliphatic heterocycles. The van der Waals surface area contributed by atoms with Crippen molar-refractivity contribution in [3.63, 3.8) is 0 Å². The number of benzene rings is 1. The maximum atomic E-state index is 12.2. The van der Waals surface area contributed by atoms with Gasteiger partial charge in [0.2, 0.25) is 10.0 Å². The number of nitrogens with one attached hydrogen (secondary N) is 1. The van der Waals surface area contributed by atoms with Crippen molar-refractivity contribution in [1.82, 2.24) is 4.72 Å². The molecular weight excluding hydrogens is 304 g/mol. The zero-order valence-electron chi connectivity index (χ0n) is 10.8. The van der Waals surface area contributed by atoms with E-state index < -0.39 is 28.0 Å². The Hall–Kier alpha value is -1.62. The molecule has 1 unspecified atom stereocenters. The van der Waals surface area contributed by atoms with E-state index >= 15 is 0 Å². The topological polar surface area (TPSA) is 107 Å². The molecule has 108 valence electrons. The Balaban J connectivity index is 3.29. The number of hydrogen-bond acceptors (Lipinski definition) is 4. The van der Waals surface area contributed by atoms with Gasteiger partial charge in [0.25, 0.3) is 0 Å². The third-order valence-electron chi connectivity index (χ3n) is 2.59. The van der Waals surface area contributed by atoms with Gasteiger partial charge in [-0.2, -0.15) is 9.98 Å². The molecule has 2 N–H and O–H groups in total. The Morgan fingerprint density at radius 3 is 2.50 bits per heavy atom. The lowest BCUT2D eigenvalue weighted by Gasteiger charge is -2.18. The molecule has 0 aliphatic rings. The molecule has 1 aromatic carbocycles. The van der Waals surface area contributed by atoms with Crippen LogP contribution in [0.1, 0.15) is 19.4 Å². The van der Waals surface area contributed by atoms with E-state index in [4.69, 9.17) is 22.0 Å². The van der Waals surface area contributed by atoms with Crippen LogP contribution in [0.3, 0.4) is 0 Å². The van der Waals surface area contributed by atoms with E-state index in [1.807, 2.05) is 0 Å². The molecule has 1 atom stereocenters. The number of sulfonamides is 1. The maximum absolute atomic E-state index is 12.2. The van der Waals surface area contributed by atoms with E-state index in [1.54, 1.807) is 19.9 Å². The monoisotopic (exact) mass is 316 g/mol. The van der Waals surface area contributed by atoms with E-state index in [0.29, 0.717) is 0 Å². The van der Waals surface area contributed by atoms with Gasteiger partial charge < -0.3 is 5.11 Å². The highest BCUT2D eigenvalue weighted by atomic mass is 35.5. The first-order valence-electron chi connectivity index (χ1n) is 5.64. The number of carboxylic acid groups (broad SMARTS) is 1. The zero-order chi connectivity index (χ0) is 15.5. The Morgan fingerprint density at radius 2 is 2.05 bits per heavy atom. The lowest BCUT2D eigenvalue weighted by atomic mass is 10.1. The fraction of sp³-hybridized carbons (Fsp3) is 0.333. The van der Waals surface area contributed by atoms with Crippen LogP contribution in [0.15, 0.2) is 23.1 Å². The molecule has 0 fully saturated rings. The first-order chi connectivity index (χ1) is 9.20. The van der Waals surface area contributed by atoms with Crippen LogP contribution >= 0.6 is 11.6 Å². The third kappa shape index (κ3) is 3.48. The summed E-state index contributed by atoms with van der Waals surface area (Å²) in [5.74, 6) is -1.74. The van der Waals surface area contributed by atoms with Crippen LogP contribution in [0.25, 0.3) is 0 Å². The largest absolute Gasteiger partial charge is 0.480 e. The number of aliphatic carboxylic acids is 1. The van der Waals surface area contributed by atoms with Crippen molar-refractivity contribution >= 4 is 27.6 Å². The molecule has 0 saturated heterocycles. The summed E-state index contributed by atoms with van der Waals surface area (Å²) in [6.07, 6.45) is 0. The first-order valence-corrected chi connectivity index (χ1v) is 7.50. The lowest BCUT2D eigenvalue weighted by molar-refractivity contribution is -0.140. The van der Waals surface area contributed by atoms with E-state index in [0.717, 1.165) is 0 Å². The van der Waals surface area contributed by atoms with Crippen LogP contribution in [0.4, 0.5) is 0 Å². The van der Waals surface area contributed by atoms with E-state index in [2.05, 4.69) is 4.72 Å². The van der Waals surface area contributed by atoms with Crippen LogP contribution in [-0.4, -0.2) is 25.5 Å². The second kappa shape index (κ2) is 6.22. The second-order valence-corrected chi connectivity index (χ2v) is 6.50. The number of carbonyl (C=O) groups is 1. The van der Waals surface area contributed by atoms with Crippen molar-refractivity contribution in [3.05, 3.63) is 28.8 Å². The minimum Gasteiger partial charge on any atom is -0.480 e. The average molecular weight is 317 g/mol. The molecule has 20 heavy (non-hydrogen) atoms. The maximum Gasteiger partial charge on any atom is 0.322 e. The van der Waals surface area contributed by atoms with Gasteiger partial charge in [0, 0.05) is 0 Å². The van der Waals surface area contributed by atoms with Gasteiger partial charge in [-0.25, -0.2) is 8.42 Å². The summed E-state index contributed by atoms with van der Waals surface area (Å²) in [5.41, 5.74) is -0.213. The Morgan fingerprint density at radius 1 is 1.45 bits per heavy atom. The minimum absolute atomic E-state index is 0.00760. The summed E-state index contributed by atoms with van der Waals surface area (Å²) in [6.45, 7) is 3.15. The molecular formula is C12H13ClN2O4S. The fourth-order valence-corrected chi connectivity index (χ4v) is 3.33. The van der Waals surface area contributed by atoms with Crippen molar-refractivity contribution in [3.8, 4) is 6.07 Å². The van der Waals surface area contributed by atoms with Crippen LogP contribution in [0, 0.1) is 17.2 Å². The molecule has 0 aliphatic carbocycles. The van der Waals surface area contributed by atoms with Crippen molar-refractivity contribution in [2.24, 2.45) is 5.92 Å². The number of hydrogen-bond donors (Lipinski definition) is 2. The summed E-state index contributed by atoms with van der Waals surface area (Å²) in [5, 5.41) is 18.0. The highest BCUT2D eigenvalue weighted by molar-refractivity contribution is 7.89. The highest BCUT2D eigenvalue weighted by Crippen LogP contribution is 2.23. The van der Waals surface area contributed by atoms with Crippen LogP contribution in [0.2, 0.25) is 5.02 Å². The molecule has 0 radical (unpaired) electrons. The van der Waals surface area contributed by atoms with Crippen molar-refractivity contribution in [2.45, 2.75) is 24.8 Å². The smallest absolute Gasteiger partial charge is 0.322 e. The third-order valence-corrected chi connectivity index (χ3v) is 4.39. The van der Waals surface area contributed by atoms with Crippen LogP contribution in [-0.2, 0) is 14.8 Å². The van der Waals surface area contributed by atoms with Crippen molar-refractivity contribution in [1.29, 1.82) is 5.26 Å². The summed E-state index contributed by atoms with van der Waals surface area (Å²) in [6, 6.07) is 4.38. The summed E-state index contributed by atoms with van der Waals surface area (Å²) < 4.78 is 26.5. The van der Waals surface area contributed by atoms with Gasteiger partial charge in [-0.15, -0.1) is 0 Å². The van der Waals surface area contributed by atoms with Crippen LogP contribution < -0.4 is 4.72 Å². The summed E-state index contributed by atoms with van der Waals surface area (Å²) >= 11 is 5.77. The van der Waals surface area contributed by atoms with Crippen molar-refractivity contribution < 1.29 is 18.3 Å².